The molecule has 2 aliphatic heterocycles. The van der Waals surface area contributed by atoms with E-state index in [9.17, 15) is 0 Å². The summed E-state index contributed by atoms with van der Waals surface area (Å²) in [5, 5.41) is 0. The van der Waals surface area contributed by atoms with E-state index in [1.54, 1.807) is 0 Å². The molecule has 0 aromatic rings. The average molecular weight is 140 g/mol. The summed E-state index contributed by atoms with van der Waals surface area (Å²) in [5.74, 6) is 0. The molecule has 0 aliphatic carbocycles. The zero-order chi connectivity index (χ0) is 7.35. The average Bonchev–Trinajstić information content (AvgIpc) is 2.21. The maximum absolute atomic E-state index is 6.11. The fraction of sp³-hybridized carbons (Fsp3) is 1.00. The standard InChI is InChI=1S/C8H16N2/c1-8(9)5-6-3-4-7(8)10(6)2/h6-7H,3-5,9H2,1-2H3/t6-,7+,8+/m0/s1. The van der Waals surface area contributed by atoms with Gasteiger partial charge in [-0.25, -0.2) is 0 Å². The van der Waals surface area contributed by atoms with E-state index < -0.39 is 0 Å². The third kappa shape index (κ3) is 0.663. The van der Waals surface area contributed by atoms with Crippen LogP contribution in [0.4, 0.5) is 0 Å². The highest BCUT2D eigenvalue weighted by atomic mass is 15.2. The summed E-state index contributed by atoms with van der Waals surface area (Å²) < 4.78 is 0. The Kier molecular flexibility index (Phi) is 1.15. The van der Waals surface area contributed by atoms with Crippen LogP contribution in [-0.2, 0) is 0 Å². The van der Waals surface area contributed by atoms with Gasteiger partial charge in [-0.2, -0.15) is 0 Å². The van der Waals surface area contributed by atoms with E-state index in [2.05, 4.69) is 18.9 Å². The van der Waals surface area contributed by atoms with Crippen molar-refractivity contribution < 1.29 is 0 Å². The van der Waals surface area contributed by atoms with Crippen molar-refractivity contribution in [3.05, 3.63) is 0 Å². The first-order valence-electron chi connectivity index (χ1n) is 4.12. The lowest BCUT2D eigenvalue weighted by Gasteiger charge is -2.28. The van der Waals surface area contributed by atoms with Gasteiger partial charge in [0, 0.05) is 17.6 Å². The second kappa shape index (κ2) is 1.74. The molecule has 2 heteroatoms. The first kappa shape index (κ1) is 6.62. The Bertz CT molecular complexity index is 153. The van der Waals surface area contributed by atoms with E-state index in [1.165, 1.54) is 19.3 Å². The predicted molar refractivity (Wildman–Crippen MR) is 41.8 cm³/mol. The van der Waals surface area contributed by atoms with Crippen LogP contribution in [0, 0.1) is 0 Å². The van der Waals surface area contributed by atoms with Crippen molar-refractivity contribution in [2.24, 2.45) is 5.73 Å². The van der Waals surface area contributed by atoms with Crippen molar-refractivity contribution >= 4 is 0 Å². The van der Waals surface area contributed by atoms with Gasteiger partial charge in [-0.1, -0.05) is 0 Å². The normalized spacial score (nSPS) is 54.3. The summed E-state index contributed by atoms with van der Waals surface area (Å²) in [4.78, 5) is 2.46. The van der Waals surface area contributed by atoms with Crippen molar-refractivity contribution in [3.63, 3.8) is 0 Å². The van der Waals surface area contributed by atoms with Crippen LogP contribution in [-0.4, -0.2) is 29.6 Å². The van der Waals surface area contributed by atoms with Crippen LogP contribution in [0.2, 0.25) is 0 Å². The van der Waals surface area contributed by atoms with Crippen LogP contribution in [0.5, 0.6) is 0 Å². The summed E-state index contributed by atoms with van der Waals surface area (Å²) in [7, 11) is 2.21. The fourth-order valence-corrected chi connectivity index (χ4v) is 2.70. The number of nitrogens with two attached hydrogens (primary N) is 1. The molecule has 0 aromatic carbocycles. The quantitative estimate of drug-likeness (QED) is 0.533. The monoisotopic (exact) mass is 140 g/mol. The van der Waals surface area contributed by atoms with Crippen LogP contribution in [0.15, 0.2) is 0 Å². The molecule has 0 unspecified atom stereocenters. The molecule has 2 fully saturated rings. The third-order valence-electron chi connectivity index (χ3n) is 3.28. The van der Waals surface area contributed by atoms with E-state index in [-0.39, 0.29) is 5.54 Å². The molecular weight excluding hydrogens is 124 g/mol. The van der Waals surface area contributed by atoms with Gasteiger partial charge in [-0.15, -0.1) is 0 Å². The van der Waals surface area contributed by atoms with Gasteiger partial charge in [-0.05, 0) is 33.2 Å². The van der Waals surface area contributed by atoms with Crippen molar-refractivity contribution in [1.29, 1.82) is 0 Å². The molecule has 2 nitrogen and oxygen atoms in total. The van der Waals surface area contributed by atoms with Crippen LogP contribution < -0.4 is 5.73 Å². The minimum atomic E-state index is 0.109. The lowest BCUT2D eigenvalue weighted by atomic mass is 9.84. The molecule has 2 N–H and O–H groups in total. The van der Waals surface area contributed by atoms with E-state index in [0.29, 0.717) is 6.04 Å². The van der Waals surface area contributed by atoms with Gasteiger partial charge in [0.25, 0.3) is 0 Å². The largest absolute Gasteiger partial charge is 0.324 e. The maximum Gasteiger partial charge on any atom is 0.0298 e. The van der Waals surface area contributed by atoms with E-state index in [0.717, 1.165) is 6.04 Å². The van der Waals surface area contributed by atoms with Gasteiger partial charge in [0.1, 0.15) is 0 Å². The Morgan fingerprint density at radius 3 is 2.40 bits per heavy atom. The Balaban J connectivity index is 2.24. The molecular formula is C8H16N2. The molecule has 10 heavy (non-hydrogen) atoms. The highest BCUT2D eigenvalue weighted by Gasteiger charge is 2.49. The molecule has 2 aliphatic rings. The van der Waals surface area contributed by atoms with Crippen molar-refractivity contribution in [2.45, 2.75) is 43.8 Å². The lowest BCUT2D eigenvalue weighted by Crippen LogP contribution is -2.47. The number of fused-ring (bicyclic) bond motifs is 2. The van der Waals surface area contributed by atoms with Crippen molar-refractivity contribution in [1.82, 2.24) is 4.90 Å². The number of hydrogen-bond donors (Lipinski definition) is 1. The van der Waals surface area contributed by atoms with Crippen LogP contribution >= 0.6 is 0 Å². The van der Waals surface area contributed by atoms with Gasteiger partial charge in [-0.3, -0.25) is 4.90 Å². The lowest BCUT2D eigenvalue weighted by molar-refractivity contribution is 0.276. The maximum atomic E-state index is 6.11. The van der Waals surface area contributed by atoms with Crippen LogP contribution in [0.3, 0.4) is 0 Å². The molecule has 58 valence electrons. The Morgan fingerprint density at radius 1 is 1.50 bits per heavy atom. The second-order valence-corrected chi connectivity index (χ2v) is 4.12. The van der Waals surface area contributed by atoms with Crippen LogP contribution in [0.25, 0.3) is 0 Å². The van der Waals surface area contributed by atoms with E-state index in [4.69, 9.17) is 5.73 Å². The minimum absolute atomic E-state index is 0.109. The van der Waals surface area contributed by atoms with E-state index >= 15 is 0 Å². The van der Waals surface area contributed by atoms with E-state index in [1.807, 2.05) is 0 Å². The highest BCUT2D eigenvalue weighted by Crippen LogP contribution is 2.41. The van der Waals surface area contributed by atoms with Crippen molar-refractivity contribution in [3.8, 4) is 0 Å². The smallest absolute Gasteiger partial charge is 0.0298 e. The number of nitrogens with zero attached hydrogens (tertiary/aromatic N) is 1. The molecule has 0 aromatic heterocycles. The fourth-order valence-electron chi connectivity index (χ4n) is 2.70. The van der Waals surface area contributed by atoms with Gasteiger partial charge in [0.15, 0.2) is 0 Å². The molecule has 0 amide bonds. The Hall–Kier alpha value is -0.0800. The molecule has 0 radical (unpaired) electrons. The summed E-state index contributed by atoms with van der Waals surface area (Å²) in [5.41, 5.74) is 6.22. The molecule has 2 bridgehead atoms. The summed E-state index contributed by atoms with van der Waals surface area (Å²) >= 11 is 0. The molecule has 0 spiro atoms. The minimum Gasteiger partial charge on any atom is -0.324 e. The zero-order valence-corrected chi connectivity index (χ0v) is 6.80. The highest BCUT2D eigenvalue weighted by molar-refractivity contribution is 5.08. The molecule has 3 atom stereocenters. The molecule has 2 rings (SSSR count). The number of likely N-dealkylation sites (N-methyl/N-ethyl adjacent to an activating group) is 1. The topological polar surface area (TPSA) is 29.3 Å². The summed E-state index contributed by atoms with van der Waals surface area (Å²) in [6.07, 6.45) is 3.89. The SMILES string of the molecule is CN1[C@H]2CC[C@@H]1[C@](C)(N)C2. The molecule has 0 saturated carbocycles. The second-order valence-electron chi connectivity index (χ2n) is 4.12. The van der Waals surface area contributed by atoms with Gasteiger partial charge in [0.05, 0.1) is 0 Å². The van der Waals surface area contributed by atoms with Crippen LogP contribution in [0.1, 0.15) is 26.2 Å². The van der Waals surface area contributed by atoms with Gasteiger partial charge >= 0.3 is 0 Å². The zero-order valence-electron chi connectivity index (χ0n) is 6.80. The van der Waals surface area contributed by atoms with Gasteiger partial charge < -0.3 is 5.73 Å². The summed E-state index contributed by atoms with van der Waals surface area (Å²) in [6.45, 7) is 2.19. The van der Waals surface area contributed by atoms with Crippen molar-refractivity contribution in [2.75, 3.05) is 7.05 Å². The number of hydrogen-bond acceptors (Lipinski definition) is 2. The molecule has 2 heterocycles. The third-order valence-corrected chi connectivity index (χ3v) is 3.28. The predicted octanol–water partition coefficient (Wildman–Crippen LogP) is 0.570. The molecule has 2 saturated heterocycles. The van der Waals surface area contributed by atoms with Gasteiger partial charge in [0.2, 0.25) is 0 Å². The number of rotatable bonds is 0. The first-order valence-corrected chi connectivity index (χ1v) is 4.12. The Morgan fingerprint density at radius 2 is 2.20 bits per heavy atom. The first-order chi connectivity index (χ1) is 4.61. The Labute approximate surface area is 62.4 Å². The summed E-state index contributed by atoms with van der Waals surface area (Å²) in [6, 6.07) is 1.46.